The van der Waals surface area contributed by atoms with Gasteiger partial charge in [-0.2, -0.15) is 5.10 Å². The second kappa shape index (κ2) is 9.96. The molecular formula is C31H27FN6O. The van der Waals surface area contributed by atoms with Crippen molar-refractivity contribution in [3.8, 4) is 39.7 Å². The Hall–Kier alpha value is -4.56. The van der Waals surface area contributed by atoms with Gasteiger partial charge in [0.05, 0.1) is 28.8 Å². The number of pyridine rings is 2. The van der Waals surface area contributed by atoms with Gasteiger partial charge in [-0.15, -0.1) is 0 Å². The van der Waals surface area contributed by atoms with Crippen LogP contribution in [0, 0.1) is 5.82 Å². The number of aromatic amines is 2. The first-order valence-corrected chi connectivity index (χ1v) is 13.2. The van der Waals surface area contributed by atoms with E-state index in [1.807, 2.05) is 48.5 Å². The molecule has 0 amide bonds. The van der Waals surface area contributed by atoms with Crippen molar-refractivity contribution in [3.05, 3.63) is 84.9 Å². The fourth-order valence-electron chi connectivity index (χ4n) is 5.41. The Bertz CT molecular complexity index is 1770. The molecule has 7 nitrogen and oxygen atoms in total. The number of H-pyrrole nitrogens is 2. The van der Waals surface area contributed by atoms with Crippen LogP contribution in [0.3, 0.4) is 0 Å². The number of nitrogens with zero attached hydrogens (tertiary/aromatic N) is 4. The fraction of sp³-hybridized carbons (Fsp3) is 0.194. The standard InChI is InChI=1S/C31H27FN6O/c32-21-14-20(15-22(16-21)39-13-12-38-10-3-4-11-38)23-6-5-8-26-24(23)17-29(35-26)31-25-18-28(27-7-1-2-9-33-27)34-19-30(25)36-37-31/h1-2,5-9,14-19,35H,3-4,10-13H2,(H,36,37). The second-order valence-electron chi connectivity index (χ2n) is 9.92. The Morgan fingerprint density at radius 2 is 1.79 bits per heavy atom. The molecule has 1 fully saturated rings. The maximum Gasteiger partial charge on any atom is 0.127 e. The molecule has 1 aliphatic rings. The maximum atomic E-state index is 14.7. The first-order chi connectivity index (χ1) is 19.2. The summed E-state index contributed by atoms with van der Waals surface area (Å²) in [4.78, 5) is 14.9. The van der Waals surface area contributed by atoms with E-state index in [-0.39, 0.29) is 5.82 Å². The van der Waals surface area contributed by atoms with E-state index in [1.165, 1.54) is 18.9 Å². The summed E-state index contributed by atoms with van der Waals surface area (Å²) in [6.45, 7) is 3.63. The highest BCUT2D eigenvalue weighted by atomic mass is 19.1. The molecule has 0 unspecified atom stereocenters. The number of nitrogens with one attached hydrogen (secondary N) is 2. The third-order valence-electron chi connectivity index (χ3n) is 7.35. The Kier molecular flexibility index (Phi) is 6.01. The number of benzene rings is 2. The van der Waals surface area contributed by atoms with Crippen molar-refractivity contribution in [2.24, 2.45) is 0 Å². The van der Waals surface area contributed by atoms with Crippen LogP contribution in [0.25, 0.3) is 55.7 Å². The minimum atomic E-state index is -0.315. The van der Waals surface area contributed by atoms with Crippen LogP contribution >= 0.6 is 0 Å². The van der Waals surface area contributed by atoms with E-state index < -0.39 is 0 Å². The summed E-state index contributed by atoms with van der Waals surface area (Å²) in [7, 11) is 0. The number of halogens is 1. The number of likely N-dealkylation sites (tertiary alicyclic amines) is 1. The van der Waals surface area contributed by atoms with Gasteiger partial charge in [-0.1, -0.05) is 18.2 Å². The molecule has 1 aliphatic heterocycles. The third kappa shape index (κ3) is 4.64. The largest absolute Gasteiger partial charge is 0.492 e. The summed E-state index contributed by atoms with van der Waals surface area (Å²) in [5.41, 5.74) is 6.71. The molecule has 0 spiro atoms. The quantitative estimate of drug-likeness (QED) is 0.254. The maximum absolute atomic E-state index is 14.7. The molecule has 1 saturated heterocycles. The lowest BCUT2D eigenvalue weighted by Crippen LogP contribution is -2.25. The highest BCUT2D eigenvalue weighted by Gasteiger charge is 2.16. The van der Waals surface area contributed by atoms with Gasteiger partial charge in [-0.05, 0) is 79.5 Å². The summed E-state index contributed by atoms with van der Waals surface area (Å²) >= 11 is 0. The highest BCUT2D eigenvalue weighted by Crippen LogP contribution is 2.36. The van der Waals surface area contributed by atoms with E-state index in [0.29, 0.717) is 12.4 Å². The molecule has 0 saturated carbocycles. The molecule has 5 heterocycles. The van der Waals surface area contributed by atoms with Gasteiger partial charge in [0, 0.05) is 35.1 Å². The molecule has 0 atom stereocenters. The predicted octanol–water partition coefficient (Wildman–Crippen LogP) is 6.45. The summed E-state index contributed by atoms with van der Waals surface area (Å²) in [6, 6.07) is 20.8. The number of ether oxygens (including phenoxy) is 1. The molecule has 6 aromatic rings. The Balaban J connectivity index is 1.23. The number of hydrogen-bond donors (Lipinski definition) is 2. The van der Waals surface area contributed by atoms with Crippen molar-refractivity contribution < 1.29 is 9.13 Å². The molecule has 194 valence electrons. The summed E-state index contributed by atoms with van der Waals surface area (Å²) in [5.74, 6) is 0.231. The molecule has 2 aromatic carbocycles. The van der Waals surface area contributed by atoms with Crippen LogP contribution in [-0.4, -0.2) is 56.3 Å². The lowest BCUT2D eigenvalue weighted by molar-refractivity contribution is 0.237. The Labute approximate surface area is 224 Å². The number of fused-ring (bicyclic) bond motifs is 2. The molecular weight excluding hydrogens is 491 g/mol. The Morgan fingerprint density at radius 3 is 2.67 bits per heavy atom. The second-order valence-corrected chi connectivity index (χ2v) is 9.92. The van der Waals surface area contributed by atoms with Crippen LogP contribution < -0.4 is 4.74 Å². The average molecular weight is 519 g/mol. The molecule has 0 radical (unpaired) electrons. The SMILES string of the molecule is Fc1cc(OCCN2CCCC2)cc(-c2cccc3[nH]c(-c4n[nH]c5cnc(-c6ccccn6)cc45)cc23)c1. The van der Waals surface area contributed by atoms with Crippen LogP contribution in [0.2, 0.25) is 0 Å². The van der Waals surface area contributed by atoms with Crippen molar-refractivity contribution in [2.45, 2.75) is 12.8 Å². The minimum Gasteiger partial charge on any atom is -0.492 e. The topological polar surface area (TPSA) is 82.7 Å². The van der Waals surface area contributed by atoms with Gasteiger partial charge in [-0.25, -0.2) is 4.39 Å². The van der Waals surface area contributed by atoms with Gasteiger partial charge >= 0.3 is 0 Å². The summed E-state index contributed by atoms with van der Waals surface area (Å²) in [5, 5.41) is 9.61. The number of aromatic nitrogens is 5. The van der Waals surface area contributed by atoms with Crippen LogP contribution in [0.15, 0.2) is 79.1 Å². The third-order valence-corrected chi connectivity index (χ3v) is 7.35. The van der Waals surface area contributed by atoms with Crippen molar-refractivity contribution in [1.82, 2.24) is 30.0 Å². The zero-order valence-corrected chi connectivity index (χ0v) is 21.3. The van der Waals surface area contributed by atoms with Gasteiger partial charge in [0.25, 0.3) is 0 Å². The molecule has 39 heavy (non-hydrogen) atoms. The fourth-order valence-corrected chi connectivity index (χ4v) is 5.41. The van der Waals surface area contributed by atoms with Crippen molar-refractivity contribution >= 4 is 21.8 Å². The first-order valence-electron chi connectivity index (χ1n) is 13.2. The predicted molar refractivity (Wildman–Crippen MR) is 151 cm³/mol. The van der Waals surface area contributed by atoms with Crippen molar-refractivity contribution in [3.63, 3.8) is 0 Å². The van der Waals surface area contributed by atoms with Crippen LogP contribution in [0.5, 0.6) is 5.75 Å². The first kappa shape index (κ1) is 23.5. The monoisotopic (exact) mass is 518 g/mol. The normalized spacial score (nSPS) is 14.0. The smallest absolute Gasteiger partial charge is 0.127 e. The Morgan fingerprint density at radius 1 is 0.872 bits per heavy atom. The van der Waals surface area contributed by atoms with Crippen LogP contribution in [-0.2, 0) is 0 Å². The van der Waals surface area contributed by atoms with E-state index >= 15 is 0 Å². The molecule has 0 aliphatic carbocycles. The molecule has 4 aromatic heterocycles. The van der Waals surface area contributed by atoms with Gasteiger partial charge in [0.1, 0.15) is 23.9 Å². The average Bonchev–Trinajstić information content (AvgIpc) is 3.72. The van der Waals surface area contributed by atoms with E-state index in [9.17, 15) is 4.39 Å². The van der Waals surface area contributed by atoms with Gasteiger partial charge in [0.2, 0.25) is 0 Å². The summed E-state index contributed by atoms with van der Waals surface area (Å²) < 4.78 is 20.7. The van der Waals surface area contributed by atoms with E-state index in [2.05, 4.69) is 36.1 Å². The lowest BCUT2D eigenvalue weighted by atomic mass is 10.0. The molecule has 7 rings (SSSR count). The number of rotatable bonds is 7. The zero-order valence-electron chi connectivity index (χ0n) is 21.3. The zero-order chi connectivity index (χ0) is 26.2. The summed E-state index contributed by atoms with van der Waals surface area (Å²) in [6.07, 6.45) is 6.02. The van der Waals surface area contributed by atoms with E-state index in [4.69, 9.17) is 4.74 Å². The minimum absolute atomic E-state index is 0.315. The van der Waals surface area contributed by atoms with Gasteiger partial charge < -0.3 is 9.72 Å². The molecule has 8 heteroatoms. The van der Waals surface area contributed by atoms with Crippen LogP contribution in [0.1, 0.15) is 12.8 Å². The van der Waals surface area contributed by atoms with Gasteiger partial charge in [0.15, 0.2) is 0 Å². The molecule has 0 bridgehead atoms. The number of hydrogen-bond acceptors (Lipinski definition) is 5. The lowest BCUT2D eigenvalue weighted by Gasteiger charge is -2.15. The van der Waals surface area contributed by atoms with Gasteiger partial charge in [-0.3, -0.25) is 20.0 Å². The van der Waals surface area contributed by atoms with Crippen molar-refractivity contribution in [2.75, 3.05) is 26.2 Å². The van der Waals surface area contributed by atoms with Crippen molar-refractivity contribution in [1.29, 1.82) is 0 Å². The van der Waals surface area contributed by atoms with Crippen LogP contribution in [0.4, 0.5) is 4.39 Å². The van der Waals surface area contributed by atoms with E-state index in [1.54, 1.807) is 18.5 Å². The molecule has 2 N–H and O–H groups in total. The van der Waals surface area contributed by atoms with E-state index in [0.717, 1.165) is 75.3 Å². The highest BCUT2D eigenvalue weighted by molar-refractivity contribution is 6.01.